The maximum Gasteiger partial charge on any atom is 0.254 e. The summed E-state index contributed by atoms with van der Waals surface area (Å²) in [5, 5.41) is 14.0. The largest absolute Gasteiger partial charge is 0.391 e. The lowest BCUT2D eigenvalue weighted by Crippen LogP contribution is -2.34. The van der Waals surface area contributed by atoms with Gasteiger partial charge in [-0.3, -0.25) is 4.79 Å². The SMILES string of the molecule is O=C1c2ccccc2[C@@H]2C[C@@H](O)[C@H](Nc3ncccc3Br)CCN12. The first-order valence-electron chi connectivity index (χ1n) is 8.10. The van der Waals surface area contributed by atoms with Crippen LogP contribution in [-0.4, -0.2) is 39.6 Å². The quantitative estimate of drug-likeness (QED) is 0.831. The molecule has 4 rings (SSSR count). The monoisotopic (exact) mass is 387 g/mol. The molecule has 124 valence electrons. The first kappa shape index (κ1) is 15.6. The number of fused-ring (bicyclic) bond motifs is 3. The van der Waals surface area contributed by atoms with Gasteiger partial charge in [0.2, 0.25) is 0 Å². The van der Waals surface area contributed by atoms with Crippen LogP contribution in [-0.2, 0) is 0 Å². The third kappa shape index (κ3) is 2.59. The molecule has 5 nitrogen and oxygen atoms in total. The molecular weight excluding hydrogens is 370 g/mol. The van der Waals surface area contributed by atoms with Gasteiger partial charge in [0.15, 0.2) is 0 Å². The van der Waals surface area contributed by atoms with Crippen molar-refractivity contribution in [2.45, 2.75) is 31.0 Å². The van der Waals surface area contributed by atoms with Gasteiger partial charge in [-0.1, -0.05) is 18.2 Å². The number of nitrogens with one attached hydrogen (secondary N) is 1. The summed E-state index contributed by atoms with van der Waals surface area (Å²) in [6.07, 6.45) is 2.38. The van der Waals surface area contributed by atoms with Crippen molar-refractivity contribution in [3.05, 3.63) is 58.2 Å². The third-order valence-electron chi connectivity index (χ3n) is 4.88. The minimum atomic E-state index is -0.548. The summed E-state index contributed by atoms with van der Waals surface area (Å²) in [5.41, 5.74) is 1.80. The van der Waals surface area contributed by atoms with Crippen LogP contribution in [0.5, 0.6) is 0 Å². The summed E-state index contributed by atoms with van der Waals surface area (Å²) in [6.45, 7) is 0.622. The number of nitrogens with zero attached hydrogens (tertiary/aromatic N) is 2. The normalized spacial score (nSPS) is 25.8. The van der Waals surface area contributed by atoms with Crippen LogP contribution in [0.15, 0.2) is 47.1 Å². The van der Waals surface area contributed by atoms with Crippen molar-refractivity contribution in [2.75, 3.05) is 11.9 Å². The number of carbonyl (C=O) groups excluding carboxylic acids is 1. The molecule has 2 N–H and O–H groups in total. The maximum atomic E-state index is 12.6. The number of anilines is 1. The van der Waals surface area contributed by atoms with Crippen molar-refractivity contribution in [3.63, 3.8) is 0 Å². The summed E-state index contributed by atoms with van der Waals surface area (Å²) in [4.78, 5) is 18.8. The molecule has 2 aliphatic heterocycles. The first-order chi connectivity index (χ1) is 11.6. The highest BCUT2D eigenvalue weighted by atomic mass is 79.9. The highest BCUT2D eigenvalue weighted by Gasteiger charge is 2.41. The lowest BCUT2D eigenvalue weighted by Gasteiger charge is -2.24. The second-order valence-electron chi connectivity index (χ2n) is 6.28. The summed E-state index contributed by atoms with van der Waals surface area (Å²) in [6, 6.07) is 11.3. The fraction of sp³-hybridized carbons (Fsp3) is 0.333. The zero-order valence-corrected chi connectivity index (χ0v) is 14.6. The molecule has 3 heterocycles. The van der Waals surface area contributed by atoms with Gasteiger partial charge in [-0.15, -0.1) is 0 Å². The van der Waals surface area contributed by atoms with Gasteiger partial charge in [-0.05, 0) is 52.5 Å². The molecule has 2 aliphatic rings. The number of aromatic nitrogens is 1. The second-order valence-corrected chi connectivity index (χ2v) is 7.13. The fourth-order valence-electron chi connectivity index (χ4n) is 3.66. The van der Waals surface area contributed by atoms with Gasteiger partial charge in [-0.2, -0.15) is 0 Å². The van der Waals surface area contributed by atoms with E-state index < -0.39 is 6.10 Å². The Balaban J connectivity index is 1.58. The second kappa shape index (κ2) is 6.18. The van der Waals surface area contributed by atoms with E-state index in [1.165, 1.54) is 0 Å². The molecule has 1 saturated heterocycles. The fourth-order valence-corrected chi connectivity index (χ4v) is 4.03. The van der Waals surface area contributed by atoms with Gasteiger partial charge in [0.1, 0.15) is 5.82 Å². The Hall–Kier alpha value is -1.92. The van der Waals surface area contributed by atoms with Crippen LogP contribution in [0.25, 0.3) is 0 Å². The van der Waals surface area contributed by atoms with Crippen LogP contribution in [0.3, 0.4) is 0 Å². The van der Waals surface area contributed by atoms with Crippen LogP contribution < -0.4 is 5.32 Å². The number of rotatable bonds is 2. The van der Waals surface area contributed by atoms with Crippen molar-refractivity contribution in [1.29, 1.82) is 0 Å². The molecule has 1 aromatic carbocycles. The molecule has 3 atom stereocenters. The molecule has 0 bridgehead atoms. The van der Waals surface area contributed by atoms with Gasteiger partial charge >= 0.3 is 0 Å². The molecule has 24 heavy (non-hydrogen) atoms. The highest BCUT2D eigenvalue weighted by molar-refractivity contribution is 9.10. The number of aliphatic hydroxyl groups is 1. The molecule has 0 saturated carbocycles. The zero-order valence-electron chi connectivity index (χ0n) is 13.0. The van der Waals surface area contributed by atoms with E-state index in [9.17, 15) is 9.90 Å². The molecule has 0 unspecified atom stereocenters. The molecule has 1 aromatic heterocycles. The Morgan fingerprint density at radius 1 is 1.25 bits per heavy atom. The molecule has 1 amide bonds. The molecule has 1 fully saturated rings. The van der Waals surface area contributed by atoms with Crippen molar-refractivity contribution in [2.24, 2.45) is 0 Å². The topological polar surface area (TPSA) is 65.5 Å². The van der Waals surface area contributed by atoms with E-state index in [1.807, 2.05) is 41.3 Å². The number of hydrogen-bond donors (Lipinski definition) is 2. The number of benzene rings is 1. The van der Waals surface area contributed by atoms with Gasteiger partial charge in [-0.25, -0.2) is 4.98 Å². The first-order valence-corrected chi connectivity index (χ1v) is 8.89. The Labute approximate surface area is 148 Å². The van der Waals surface area contributed by atoms with Crippen LogP contribution in [0.1, 0.15) is 34.8 Å². The van der Waals surface area contributed by atoms with E-state index in [0.717, 1.165) is 21.4 Å². The Morgan fingerprint density at radius 2 is 2.08 bits per heavy atom. The van der Waals surface area contributed by atoms with E-state index in [0.29, 0.717) is 19.4 Å². The predicted molar refractivity (Wildman–Crippen MR) is 94.8 cm³/mol. The Morgan fingerprint density at radius 3 is 2.92 bits per heavy atom. The minimum Gasteiger partial charge on any atom is -0.391 e. The van der Waals surface area contributed by atoms with Crippen LogP contribution in [0.2, 0.25) is 0 Å². The van der Waals surface area contributed by atoms with E-state index >= 15 is 0 Å². The average molecular weight is 388 g/mol. The summed E-state index contributed by atoms with van der Waals surface area (Å²) in [5.74, 6) is 0.790. The van der Waals surface area contributed by atoms with Gasteiger partial charge in [0, 0.05) is 18.3 Å². The van der Waals surface area contributed by atoms with Crippen molar-refractivity contribution in [1.82, 2.24) is 9.88 Å². The summed E-state index contributed by atoms with van der Waals surface area (Å²) in [7, 11) is 0. The van der Waals surface area contributed by atoms with Gasteiger partial charge in [0.25, 0.3) is 5.91 Å². The van der Waals surface area contributed by atoms with Crippen LogP contribution >= 0.6 is 15.9 Å². The predicted octanol–water partition coefficient (Wildman–Crippen LogP) is 2.98. The van der Waals surface area contributed by atoms with Gasteiger partial charge in [0.05, 0.1) is 22.7 Å². The van der Waals surface area contributed by atoms with Gasteiger partial charge < -0.3 is 15.3 Å². The minimum absolute atomic E-state index is 0.0392. The van der Waals surface area contributed by atoms with Crippen molar-refractivity contribution in [3.8, 4) is 0 Å². The molecule has 2 aromatic rings. The molecule has 0 aliphatic carbocycles. The lowest BCUT2D eigenvalue weighted by atomic mass is 9.97. The van der Waals surface area contributed by atoms with E-state index in [-0.39, 0.29) is 18.0 Å². The number of pyridine rings is 1. The number of hydrogen-bond acceptors (Lipinski definition) is 4. The molecule has 0 spiro atoms. The highest BCUT2D eigenvalue weighted by Crippen LogP contribution is 2.39. The van der Waals surface area contributed by atoms with Crippen molar-refractivity contribution >= 4 is 27.7 Å². The van der Waals surface area contributed by atoms with E-state index in [1.54, 1.807) is 6.20 Å². The van der Waals surface area contributed by atoms with E-state index in [4.69, 9.17) is 0 Å². The molecule has 6 heteroatoms. The number of amides is 1. The van der Waals surface area contributed by atoms with E-state index in [2.05, 4.69) is 26.2 Å². The third-order valence-corrected chi connectivity index (χ3v) is 5.52. The van der Waals surface area contributed by atoms with Crippen LogP contribution in [0.4, 0.5) is 5.82 Å². The molecule has 0 radical (unpaired) electrons. The zero-order chi connectivity index (χ0) is 16.7. The lowest BCUT2D eigenvalue weighted by molar-refractivity contribution is 0.0705. The van der Waals surface area contributed by atoms with Crippen molar-refractivity contribution < 1.29 is 9.90 Å². The maximum absolute atomic E-state index is 12.6. The molecular formula is C18H18BrN3O2. The van der Waals surface area contributed by atoms with Crippen LogP contribution in [0, 0.1) is 0 Å². The number of carbonyl (C=O) groups is 1. The number of aliphatic hydroxyl groups excluding tert-OH is 1. The summed E-state index contributed by atoms with van der Waals surface area (Å²) >= 11 is 3.47. The smallest absolute Gasteiger partial charge is 0.254 e. The Bertz CT molecular complexity index is 782. The summed E-state index contributed by atoms with van der Waals surface area (Å²) < 4.78 is 0.864. The number of halogens is 1. The standard InChI is InChI=1S/C18H18BrN3O2/c19-13-6-3-8-20-17(13)21-14-7-9-22-15(10-16(14)23)11-4-1-2-5-12(11)18(22)24/h1-6,8,14-16,23H,7,9-10H2,(H,20,21)/t14-,15+,16-/m1/s1. The Kier molecular flexibility index (Phi) is 4.02. The average Bonchev–Trinajstić information content (AvgIpc) is 2.74.